The lowest BCUT2D eigenvalue weighted by atomic mass is 9.43. The number of methoxy groups -OCH3 is 1. The van der Waals surface area contributed by atoms with Crippen LogP contribution in [0.3, 0.4) is 0 Å². The Bertz CT molecular complexity index is 1840. The lowest BCUT2D eigenvalue weighted by Crippen LogP contribution is -2.59. The van der Waals surface area contributed by atoms with Gasteiger partial charge in [0, 0.05) is 12.8 Å². The summed E-state index contributed by atoms with van der Waals surface area (Å²) in [7, 11) is 1.46. The number of aliphatic hydroxyl groups excluding tert-OH is 3. The zero-order chi connectivity index (χ0) is 46.6. The highest BCUT2D eigenvalue weighted by molar-refractivity contribution is 5.89. The highest BCUT2D eigenvalue weighted by Crippen LogP contribution is 2.70. The van der Waals surface area contributed by atoms with E-state index in [0.717, 1.165) is 77.0 Å². The highest BCUT2D eigenvalue weighted by atomic mass is 16.5. The van der Waals surface area contributed by atoms with Crippen molar-refractivity contribution >= 4 is 17.9 Å². The summed E-state index contributed by atoms with van der Waals surface area (Å²) in [5.41, 5.74) is 0.983. The van der Waals surface area contributed by atoms with Crippen LogP contribution in [-0.4, -0.2) is 69.9 Å². The molecule has 0 radical (unpaired) electrons. The van der Waals surface area contributed by atoms with Crippen LogP contribution in [0, 0.1) is 92.7 Å². The Morgan fingerprint density at radius 1 is 0.631 bits per heavy atom. The van der Waals surface area contributed by atoms with Crippen molar-refractivity contribution in [3.05, 3.63) is 35.9 Å². The fourth-order valence-electron chi connectivity index (χ4n) is 18.4. The first kappa shape index (κ1) is 48.9. The maximum absolute atomic E-state index is 12.7. The Kier molecular flexibility index (Phi) is 14.4. The summed E-state index contributed by atoms with van der Waals surface area (Å²) >= 11 is 0. The average molecular weight is 903 g/mol. The molecule has 9 rings (SSSR count). The third-order valence-electron chi connectivity index (χ3n) is 22.1. The molecule has 9 nitrogen and oxygen atoms in total. The second-order valence-electron chi connectivity index (χ2n) is 24.5. The average Bonchev–Trinajstić information content (AvgIpc) is 3.85. The van der Waals surface area contributed by atoms with Gasteiger partial charge in [0.1, 0.15) is 6.10 Å². The maximum atomic E-state index is 12.7. The topological polar surface area (TPSA) is 151 Å². The van der Waals surface area contributed by atoms with Crippen LogP contribution >= 0.6 is 0 Å². The first-order valence-electron chi connectivity index (χ1n) is 26.4. The van der Waals surface area contributed by atoms with E-state index in [1.165, 1.54) is 45.6 Å². The molecule has 4 N–H and O–H groups in total. The molecule has 8 saturated carbocycles. The van der Waals surface area contributed by atoms with Crippen LogP contribution in [0.15, 0.2) is 30.3 Å². The molecule has 9 heteroatoms. The number of esters is 2. The van der Waals surface area contributed by atoms with Crippen molar-refractivity contribution in [2.75, 3.05) is 7.11 Å². The number of aliphatic carboxylic acids is 1. The molecular weight excluding hydrogens is 817 g/mol. The molecule has 0 aliphatic heterocycles. The van der Waals surface area contributed by atoms with E-state index in [1.807, 2.05) is 30.3 Å². The van der Waals surface area contributed by atoms with Gasteiger partial charge >= 0.3 is 17.9 Å². The van der Waals surface area contributed by atoms with Crippen molar-refractivity contribution in [3.8, 4) is 0 Å². The molecule has 0 bridgehead atoms. The number of carboxylic acids is 1. The van der Waals surface area contributed by atoms with Gasteiger partial charge in [0.25, 0.3) is 0 Å². The van der Waals surface area contributed by atoms with Crippen LogP contribution in [-0.2, 0) is 19.1 Å². The van der Waals surface area contributed by atoms with Gasteiger partial charge in [0.15, 0.2) is 0 Å². The minimum Gasteiger partial charge on any atom is -0.481 e. The van der Waals surface area contributed by atoms with Crippen molar-refractivity contribution in [1.82, 2.24) is 0 Å². The number of ether oxygens (including phenoxy) is 2. The number of benzene rings is 1. The zero-order valence-corrected chi connectivity index (χ0v) is 41.1. The molecule has 1 aromatic rings. The Morgan fingerprint density at radius 2 is 1.14 bits per heavy atom. The largest absolute Gasteiger partial charge is 0.481 e. The zero-order valence-electron chi connectivity index (χ0n) is 41.1. The SMILES string of the molecule is COC(=O)CC[C@@H](C)C1CC[C@H]2[C@@H]3CC[C@@H]4C[C@H](OC(=O)c5ccccc5)CC[C@]4(C)C3C[C@H](O)[C@]12C.C[C@H](CCC(=O)O)C1CC[C@H]2[C@@H]3CC[C@@H]4C[C@H](O)CC[C@]4(C)C3C[C@H](O)[C@]12C. The molecule has 0 saturated heterocycles. The Balaban J connectivity index is 0.000000184. The van der Waals surface area contributed by atoms with E-state index in [2.05, 4.69) is 41.5 Å². The number of carbonyl (C=O) groups excluding carboxylic acids is 2. The summed E-state index contributed by atoms with van der Waals surface area (Å²) in [6.07, 6.45) is 18.9. The minimum absolute atomic E-state index is 0.00682. The monoisotopic (exact) mass is 903 g/mol. The van der Waals surface area contributed by atoms with Gasteiger partial charge in [-0.1, -0.05) is 59.7 Å². The van der Waals surface area contributed by atoms with E-state index in [-0.39, 0.29) is 64.4 Å². The van der Waals surface area contributed by atoms with Gasteiger partial charge in [-0.05, 0) is 220 Å². The van der Waals surface area contributed by atoms with E-state index in [4.69, 9.17) is 14.6 Å². The Hall–Kier alpha value is -2.49. The third kappa shape index (κ3) is 8.78. The normalized spacial score (nSPS) is 45.9. The fourth-order valence-corrected chi connectivity index (χ4v) is 18.4. The van der Waals surface area contributed by atoms with E-state index in [1.54, 1.807) is 0 Å². The predicted molar refractivity (Wildman–Crippen MR) is 251 cm³/mol. The van der Waals surface area contributed by atoms with Gasteiger partial charge in [-0.2, -0.15) is 0 Å². The van der Waals surface area contributed by atoms with Crippen LogP contribution in [0.2, 0.25) is 0 Å². The van der Waals surface area contributed by atoms with Crippen molar-refractivity contribution in [2.24, 2.45) is 92.7 Å². The number of fused-ring (bicyclic) bond motifs is 10. The van der Waals surface area contributed by atoms with Crippen LogP contribution < -0.4 is 0 Å². The van der Waals surface area contributed by atoms with Crippen molar-refractivity contribution in [1.29, 1.82) is 0 Å². The first-order chi connectivity index (χ1) is 30.9. The number of hydrogen-bond donors (Lipinski definition) is 4. The van der Waals surface area contributed by atoms with E-state index in [9.17, 15) is 29.7 Å². The van der Waals surface area contributed by atoms with Gasteiger partial charge < -0.3 is 29.9 Å². The molecule has 8 fully saturated rings. The third-order valence-corrected chi connectivity index (χ3v) is 22.1. The summed E-state index contributed by atoms with van der Waals surface area (Å²) in [5.74, 6) is 5.37. The number of rotatable bonds is 10. The smallest absolute Gasteiger partial charge is 0.338 e. The summed E-state index contributed by atoms with van der Waals surface area (Å²) in [6.45, 7) is 14.1. The molecule has 8 aliphatic rings. The second kappa shape index (κ2) is 19.1. The van der Waals surface area contributed by atoms with Gasteiger partial charge in [0.2, 0.25) is 0 Å². The lowest BCUT2D eigenvalue weighted by Gasteiger charge is -2.62. The summed E-state index contributed by atoms with van der Waals surface area (Å²) in [5, 5.41) is 42.5. The Labute approximate surface area is 391 Å². The van der Waals surface area contributed by atoms with Crippen molar-refractivity contribution < 1.29 is 44.3 Å². The van der Waals surface area contributed by atoms with Gasteiger partial charge in [-0.25, -0.2) is 4.79 Å². The fraction of sp³-hybridized carbons (Fsp3) is 0.839. The summed E-state index contributed by atoms with van der Waals surface area (Å²) in [4.78, 5) is 35.5. The van der Waals surface area contributed by atoms with Crippen LogP contribution in [0.4, 0.5) is 0 Å². The number of hydrogen-bond acceptors (Lipinski definition) is 8. The molecular formula is C56H86O9. The lowest BCUT2D eigenvalue weighted by molar-refractivity contribution is -0.175. The van der Waals surface area contributed by atoms with Crippen molar-refractivity contribution in [2.45, 2.75) is 194 Å². The number of aliphatic hydroxyl groups is 3. The Morgan fingerprint density at radius 3 is 1.66 bits per heavy atom. The van der Waals surface area contributed by atoms with Gasteiger partial charge in [0.05, 0.1) is 31.0 Å². The van der Waals surface area contributed by atoms with Gasteiger partial charge in [-0.15, -0.1) is 0 Å². The molecule has 65 heavy (non-hydrogen) atoms. The maximum Gasteiger partial charge on any atom is 0.338 e. The first-order valence-corrected chi connectivity index (χ1v) is 26.4. The van der Waals surface area contributed by atoms with E-state index in [0.29, 0.717) is 83.0 Å². The number of carboxylic acid groups (broad SMARTS) is 1. The molecule has 4 unspecified atom stereocenters. The molecule has 0 amide bonds. The molecule has 20 atom stereocenters. The second-order valence-corrected chi connectivity index (χ2v) is 24.5. The highest BCUT2D eigenvalue weighted by Gasteiger charge is 2.65. The molecule has 0 spiro atoms. The quantitative estimate of drug-likeness (QED) is 0.168. The van der Waals surface area contributed by atoms with Crippen LogP contribution in [0.1, 0.15) is 180 Å². The predicted octanol–water partition coefficient (Wildman–Crippen LogP) is 10.9. The summed E-state index contributed by atoms with van der Waals surface area (Å²) < 4.78 is 10.9. The summed E-state index contributed by atoms with van der Waals surface area (Å²) in [6, 6.07) is 9.33. The molecule has 0 aromatic heterocycles. The van der Waals surface area contributed by atoms with Crippen LogP contribution in [0.25, 0.3) is 0 Å². The molecule has 364 valence electrons. The molecule has 8 aliphatic carbocycles. The van der Waals surface area contributed by atoms with E-state index >= 15 is 0 Å². The van der Waals surface area contributed by atoms with Crippen LogP contribution in [0.5, 0.6) is 0 Å². The molecule has 0 heterocycles. The number of carbonyl (C=O) groups is 3. The standard InChI is InChI=1S/C32H46O5.C24H40O4/c1-20(10-15-29(34)36-4)25-13-14-26-24-12-11-22-18-23(37-30(35)21-8-6-5-7-9-21)16-17-31(22,2)27(24)19-28(33)32(25,26)3;1-14(4-9-22(27)28)18-7-8-19-17-6-5-15-12-16(25)10-11-23(15,2)20(17)13-21(26)24(18,19)3/h5-9,20,22-28,33H,10-19H2,1-4H3;14-21,25-26H,4-13H2,1-3H3,(H,27,28)/t20-,22-,23-,24+,25?,26+,27?,28+,31+,32-;14-,15-,16-,17+,18?,19+,20?,21+,23+,24-/m11/s1. The van der Waals surface area contributed by atoms with E-state index < -0.39 is 5.97 Å². The van der Waals surface area contributed by atoms with Gasteiger partial charge in [-0.3, -0.25) is 9.59 Å². The molecule has 1 aromatic carbocycles. The van der Waals surface area contributed by atoms with Crippen molar-refractivity contribution in [3.63, 3.8) is 0 Å². The minimum atomic E-state index is -0.707.